The van der Waals surface area contributed by atoms with Crippen LogP contribution >= 0.6 is 0 Å². The highest BCUT2D eigenvalue weighted by Gasteiger charge is 2.36. The van der Waals surface area contributed by atoms with Gasteiger partial charge in [-0.25, -0.2) is 0 Å². The third-order valence-electron chi connectivity index (χ3n) is 3.26. The highest BCUT2D eigenvalue weighted by atomic mass is 16.5. The van der Waals surface area contributed by atoms with Crippen LogP contribution in [0.25, 0.3) is 0 Å². The first kappa shape index (κ1) is 15.3. The lowest BCUT2D eigenvalue weighted by molar-refractivity contribution is -0.152. The van der Waals surface area contributed by atoms with E-state index in [4.69, 9.17) is 19.9 Å². The van der Waals surface area contributed by atoms with Gasteiger partial charge in [0.05, 0.1) is 26.7 Å². The monoisotopic (exact) mass is 267 g/mol. The fraction of sp³-hybridized carbons (Fsp3) is 0.500. The maximum atomic E-state index is 11.8. The van der Waals surface area contributed by atoms with Gasteiger partial charge in [0, 0.05) is 6.04 Å². The molecule has 0 saturated carbocycles. The van der Waals surface area contributed by atoms with Crippen LogP contribution in [-0.2, 0) is 9.53 Å². The van der Waals surface area contributed by atoms with Crippen molar-refractivity contribution in [1.29, 1.82) is 0 Å². The van der Waals surface area contributed by atoms with Gasteiger partial charge in [-0.3, -0.25) is 4.79 Å². The smallest absolute Gasteiger partial charge is 0.313 e. The number of nitrogens with two attached hydrogens (primary N) is 1. The molecule has 0 aliphatic carbocycles. The number of rotatable bonds is 5. The summed E-state index contributed by atoms with van der Waals surface area (Å²) in [5.74, 6) is 0.847. The summed E-state index contributed by atoms with van der Waals surface area (Å²) in [4.78, 5) is 11.8. The molecule has 1 unspecified atom stereocenters. The van der Waals surface area contributed by atoms with Gasteiger partial charge >= 0.3 is 5.97 Å². The van der Waals surface area contributed by atoms with Crippen molar-refractivity contribution in [2.45, 2.75) is 19.9 Å². The van der Waals surface area contributed by atoms with Crippen LogP contribution in [0.2, 0.25) is 0 Å². The van der Waals surface area contributed by atoms with Crippen molar-refractivity contribution in [2.75, 3.05) is 21.3 Å². The summed E-state index contributed by atoms with van der Waals surface area (Å²) < 4.78 is 15.2. The predicted molar refractivity (Wildman–Crippen MR) is 72.3 cm³/mol. The zero-order chi connectivity index (χ0) is 14.6. The second kappa shape index (κ2) is 5.93. The van der Waals surface area contributed by atoms with Crippen LogP contribution in [-0.4, -0.2) is 27.3 Å². The van der Waals surface area contributed by atoms with Gasteiger partial charge in [-0.05, 0) is 31.5 Å². The molecule has 0 bridgehead atoms. The number of methoxy groups -OCH3 is 3. The fourth-order valence-electron chi connectivity index (χ4n) is 1.85. The van der Waals surface area contributed by atoms with Crippen molar-refractivity contribution in [3.05, 3.63) is 23.8 Å². The number of hydrogen-bond donors (Lipinski definition) is 1. The largest absolute Gasteiger partial charge is 0.493 e. The lowest BCUT2D eigenvalue weighted by atomic mass is 9.81. The van der Waals surface area contributed by atoms with E-state index in [1.165, 1.54) is 7.11 Å². The van der Waals surface area contributed by atoms with Crippen LogP contribution in [0.5, 0.6) is 11.5 Å². The predicted octanol–water partition coefficient (Wildman–Crippen LogP) is 1.90. The van der Waals surface area contributed by atoms with E-state index < -0.39 is 11.5 Å². The van der Waals surface area contributed by atoms with E-state index >= 15 is 0 Å². The van der Waals surface area contributed by atoms with E-state index in [9.17, 15) is 4.79 Å². The molecule has 1 rings (SSSR count). The minimum Gasteiger partial charge on any atom is -0.493 e. The van der Waals surface area contributed by atoms with Gasteiger partial charge in [0.15, 0.2) is 11.5 Å². The quantitative estimate of drug-likeness (QED) is 0.825. The number of carbonyl (C=O) groups is 1. The molecule has 0 amide bonds. The standard InChI is InChI=1S/C14H21NO4/c1-14(2,13(16)19-5)12(15)9-6-7-10(17-3)11(8-9)18-4/h6-8,12H,15H2,1-5H3. The topological polar surface area (TPSA) is 70.8 Å². The van der Waals surface area contributed by atoms with Crippen molar-refractivity contribution >= 4 is 5.97 Å². The van der Waals surface area contributed by atoms with E-state index in [1.807, 2.05) is 6.07 Å². The zero-order valence-corrected chi connectivity index (χ0v) is 12.0. The number of carbonyl (C=O) groups excluding carboxylic acids is 1. The van der Waals surface area contributed by atoms with Crippen LogP contribution in [0.3, 0.4) is 0 Å². The molecule has 0 fully saturated rings. The molecule has 0 saturated heterocycles. The molecule has 0 spiro atoms. The van der Waals surface area contributed by atoms with Gasteiger partial charge in [-0.1, -0.05) is 6.07 Å². The van der Waals surface area contributed by atoms with Gasteiger partial charge in [0.1, 0.15) is 0 Å². The van der Waals surface area contributed by atoms with Crippen molar-refractivity contribution in [3.63, 3.8) is 0 Å². The molecule has 0 heterocycles. The van der Waals surface area contributed by atoms with Crippen molar-refractivity contribution < 1.29 is 19.0 Å². The molecule has 1 aromatic carbocycles. The summed E-state index contributed by atoms with van der Waals surface area (Å²) in [6.07, 6.45) is 0. The second-order valence-corrected chi connectivity index (χ2v) is 4.81. The van der Waals surface area contributed by atoms with E-state index in [0.717, 1.165) is 5.56 Å². The van der Waals surface area contributed by atoms with Gasteiger partial charge in [-0.15, -0.1) is 0 Å². The molecule has 1 atom stereocenters. The number of benzene rings is 1. The van der Waals surface area contributed by atoms with Crippen LogP contribution in [0.15, 0.2) is 18.2 Å². The average Bonchev–Trinajstić information content (AvgIpc) is 2.44. The molecule has 5 nitrogen and oxygen atoms in total. The highest BCUT2D eigenvalue weighted by Crippen LogP contribution is 2.36. The maximum absolute atomic E-state index is 11.8. The molecule has 5 heteroatoms. The Bertz CT molecular complexity index is 457. The number of esters is 1. The third-order valence-corrected chi connectivity index (χ3v) is 3.26. The van der Waals surface area contributed by atoms with Crippen LogP contribution in [0.4, 0.5) is 0 Å². The summed E-state index contributed by atoms with van der Waals surface area (Å²) >= 11 is 0. The Morgan fingerprint density at radius 3 is 2.21 bits per heavy atom. The minimum atomic E-state index is -0.825. The van der Waals surface area contributed by atoms with E-state index in [-0.39, 0.29) is 5.97 Å². The minimum absolute atomic E-state index is 0.352. The van der Waals surface area contributed by atoms with Crippen LogP contribution < -0.4 is 15.2 Å². The SMILES string of the molecule is COC(=O)C(C)(C)C(N)c1ccc(OC)c(OC)c1. The Hall–Kier alpha value is -1.75. The summed E-state index contributed by atoms with van der Waals surface area (Å²) in [6.45, 7) is 3.50. The van der Waals surface area contributed by atoms with Gasteiger partial charge in [0.25, 0.3) is 0 Å². The average molecular weight is 267 g/mol. The molecular weight excluding hydrogens is 246 g/mol. The summed E-state index contributed by atoms with van der Waals surface area (Å²) in [5.41, 5.74) is 6.13. The first-order chi connectivity index (χ1) is 8.88. The lowest BCUT2D eigenvalue weighted by Crippen LogP contribution is -2.37. The molecule has 1 aromatic rings. The van der Waals surface area contributed by atoms with Crippen LogP contribution in [0.1, 0.15) is 25.5 Å². The Labute approximate surface area is 113 Å². The Kier molecular flexibility index (Phi) is 4.78. The first-order valence-corrected chi connectivity index (χ1v) is 5.94. The molecule has 0 aliphatic rings. The van der Waals surface area contributed by atoms with E-state index in [1.54, 1.807) is 40.2 Å². The summed E-state index contributed by atoms with van der Waals surface area (Å²) in [6, 6.07) is 4.85. The van der Waals surface area contributed by atoms with Crippen LogP contribution in [0, 0.1) is 5.41 Å². The van der Waals surface area contributed by atoms with Gasteiger partial charge in [-0.2, -0.15) is 0 Å². The van der Waals surface area contributed by atoms with Gasteiger partial charge < -0.3 is 19.9 Å². The first-order valence-electron chi connectivity index (χ1n) is 5.94. The van der Waals surface area contributed by atoms with Crippen molar-refractivity contribution in [1.82, 2.24) is 0 Å². The summed E-state index contributed by atoms with van der Waals surface area (Å²) in [5, 5.41) is 0. The normalized spacial score (nSPS) is 12.7. The molecule has 0 aliphatic heterocycles. The summed E-state index contributed by atoms with van der Waals surface area (Å²) in [7, 11) is 4.47. The Morgan fingerprint density at radius 2 is 1.74 bits per heavy atom. The maximum Gasteiger partial charge on any atom is 0.313 e. The lowest BCUT2D eigenvalue weighted by Gasteiger charge is -2.29. The zero-order valence-electron chi connectivity index (χ0n) is 12.0. The van der Waals surface area contributed by atoms with Crippen molar-refractivity contribution in [2.24, 2.45) is 11.1 Å². The second-order valence-electron chi connectivity index (χ2n) is 4.81. The number of hydrogen-bond acceptors (Lipinski definition) is 5. The molecule has 2 N–H and O–H groups in total. The molecular formula is C14H21NO4. The fourth-order valence-corrected chi connectivity index (χ4v) is 1.85. The Morgan fingerprint density at radius 1 is 1.16 bits per heavy atom. The Balaban J connectivity index is 3.13. The van der Waals surface area contributed by atoms with Crippen molar-refractivity contribution in [3.8, 4) is 11.5 Å². The highest BCUT2D eigenvalue weighted by molar-refractivity contribution is 5.77. The molecule has 19 heavy (non-hydrogen) atoms. The van der Waals surface area contributed by atoms with Gasteiger partial charge in [0.2, 0.25) is 0 Å². The van der Waals surface area contributed by atoms with E-state index in [0.29, 0.717) is 11.5 Å². The van der Waals surface area contributed by atoms with E-state index in [2.05, 4.69) is 0 Å². The molecule has 106 valence electrons. The number of ether oxygens (including phenoxy) is 3. The molecule has 0 radical (unpaired) electrons. The molecule has 0 aromatic heterocycles. The third kappa shape index (κ3) is 2.98.